The van der Waals surface area contributed by atoms with Crippen LogP contribution in [0.4, 0.5) is 4.79 Å². The van der Waals surface area contributed by atoms with Crippen molar-refractivity contribution in [3.63, 3.8) is 0 Å². The molecule has 0 heterocycles. The molecule has 0 aromatic carbocycles. The van der Waals surface area contributed by atoms with Gasteiger partial charge in [-0.25, -0.2) is 4.79 Å². The molecule has 0 bridgehead atoms. The molecule has 94 valence electrons. The zero-order chi connectivity index (χ0) is 12.9. The highest BCUT2D eigenvalue weighted by Crippen LogP contribution is 1.93. The molecule has 0 saturated carbocycles. The zero-order valence-corrected chi connectivity index (χ0v) is 9.61. The summed E-state index contributed by atoms with van der Waals surface area (Å²) >= 11 is 0. The highest BCUT2D eigenvalue weighted by Gasteiger charge is 2.11. The van der Waals surface area contributed by atoms with Crippen molar-refractivity contribution in [1.29, 1.82) is 0 Å². The molecule has 0 unspecified atom stereocenters. The normalized spacial score (nSPS) is 10.6. The van der Waals surface area contributed by atoms with Crippen molar-refractivity contribution in [2.45, 2.75) is 25.8 Å². The van der Waals surface area contributed by atoms with Gasteiger partial charge in [-0.05, 0) is 17.5 Å². The molecule has 0 aliphatic rings. The van der Waals surface area contributed by atoms with Gasteiger partial charge in [0.2, 0.25) is 0 Å². The Morgan fingerprint density at radius 2 is 1.94 bits per heavy atom. The van der Waals surface area contributed by atoms with Gasteiger partial charge in [-0.3, -0.25) is 0 Å². The van der Waals surface area contributed by atoms with Crippen molar-refractivity contribution in [2.75, 3.05) is 19.7 Å². The molecule has 9 heteroatoms. The Morgan fingerprint density at radius 1 is 1.35 bits per heavy atom. The molecule has 0 saturated heterocycles. The predicted molar refractivity (Wildman–Crippen MR) is 61.2 cm³/mol. The fraction of sp³-hybridized carbons (Fsp3) is 0.875. The van der Waals surface area contributed by atoms with Gasteiger partial charge in [0.1, 0.15) is 0 Å². The summed E-state index contributed by atoms with van der Waals surface area (Å²) in [7, 11) is 0. The van der Waals surface area contributed by atoms with Crippen molar-refractivity contribution >= 4 is 6.09 Å². The summed E-state index contributed by atoms with van der Waals surface area (Å²) in [5.41, 5.74) is 16.3. The summed E-state index contributed by atoms with van der Waals surface area (Å²) in [4.78, 5) is 16.4. The van der Waals surface area contributed by atoms with E-state index in [0.717, 1.165) is 12.8 Å². The summed E-state index contributed by atoms with van der Waals surface area (Å²) in [6.07, 6.45) is 1.10. The van der Waals surface area contributed by atoms with Crippen molar-refractivity contribution in [3.05, 3.63) is 20.9 Å². The second-order valence-corrected chi connectivity index (χ2v) is 3.16. The van der Waals surface area contributed by atoms with Gasteiger partial charge in [-0.2, -0.15) is 0 Å². The minimum absolute atomic E-state index is 0.0123. The smallest absolute Gasteiger partial charge is 0.407 e. The largest absolute Gasteiger partial charge is 0.450 e. The van der Waals surface area contributed by atoms with Crippen molar-refractivity contribution in [3.8, 4) is 0 Å². The van der Waals surface area contributed by atoms with Crippen LogP contribution in [0.25, 0.3) is 20.9 Å². The number of nitrogens with zero attached hydrogens (tertiary/aromatic N) is 6. The first-order valence-corrected chi connectivity index (χ1v) is 5.19. The van der Waals surface area contributed by atoms with E-state index < -0.39 is 12.1 Å². The maximum Gasteiger partial charge on any atom is 0.407 e. The molecule has 0 aromatic heterocycles. The van der Waals surface area contributed by atoms with Crippen LogP contribution in [0.15, 0.2) is 10.2 Å². The minimum atomic E-state index is -0.607. The molecule has 0 aromatic rings. The highest BCUT2D eigenvalue weighted by molar-refractivity contribution is 5.67. The van der Waals surface area contributed by atoms with Gasteiger partial charge in [0.05, 0.1) is 6.61 Å². The van der Waals surface area contributed by atoms with Crippen LogP contribution >= 0.6 is 0 Å². The van der Waals surface area contributed by atoms with E-state index in [9.17, 15) is 4.79 Å². The third kappa shape index (κ3) is 8.86. The number of carbonyl (C=O) groups excluding carboxylic acids is 1. The number of hydrogen-bond donors (Lipinski definition) is 1. The lowest BCUT2D eigenvalue weighted by Crippen LogP contribution is -2.39. The zero-order valence-electron chi connectivity index (χ0n) is 9.61. The quantitative estimate of drug-likeness (QED) is 0.302. The first kappa shape index (κ1) is 14.9. The SMILES string of the molecule is CCCCOC(=O)NC(CN=[N+]=[N-])CN=[N+]=[N-]. The maximum atomic E-state index is 11.3. The van der Waals surface area contributed by atoms with E-state index in [1.54, 1.807) is 0 Å². The highest BCUT2D eigenvalue weighted by atomic mass is 16.5. The summed E-state index contributed by atoms with van der Waals surface area (Å²) in [5.74, 6) is 0. The molecule has 0 aliphatic heterocycles. The number of carbonyl (C=O) groups is 1. The molecule has 0 radical (unpaired) electrons. The van der Waals surface area contributed by atoms with Gasteiger partial charge in [0, 0.05) is 29.0 Å². The summed E-state index contributed by atoms with van der Waals surface area (Å²) in [6.45, 7) is 2.34. The van der Waals surface area contributed by atoms with Crippen molar-refractivity contribution < 1.29 is 9.53 Å². The van der Waals surface area contributed by atoms with E-state index in [4.69, 9.17) is 15.8 Å². The van der Waals surface area contributed by atoms with Gasteiger partial charge in [0.25, 0.3) is 0 Å². The Bertz CT molecular complexity index is 300. The van der Waals surface area contributed by atoms with Crippen LogP contribution in [-0.4, -0.2) is 31.8 Å². The average molecular weight is 241 g/mol. The van der Waals surface area contributed by atoms with Crippen LogP contribution in [0.5, 0.6) is 0 Å². The monoisotopic (exact) mass is 241 g/mol. The number of hydrogen-bond acceptors (Lipinski definition) is 4. The number of ether oxygens (including phenoxy) is 1. The molecule has 0 aliphatic carbocycles. The molecule has 9 nitrogen and oxygen atoms in total. The minimum Gasteiger partial charge on any atom is -0.450 e. The van der Waals surface area contributed by atoms with Gasteiger partial charge < -0.3 is 10.1 Å². The fourth-order valence-electron chi connectivity index (χ4n) is 0.937. The Hall–Kier alpha value is -2.11. The lowest BCUT2D eigenvalue weighted by molar-refractivity contribution is 0.141. The molecular weight excluding hydrogens is 226 g/mol. The maximum absolute atomic E-state index is 11.3. The average Bonchev–Trinajstić information content (AvgIpc) is 2.33. The fourth-order valence-corrected chi connectivity index (χ4v) is 0.937. The number of amides is 1. The molecule has 17 heavy (non-hydrogen) atoms. The Balaban J connectivity index is 4.06. The van der Waals surface area contributed by atoms with Gasteiger partial charge in [0.15, 0.2) is 0 Å². The molecule has 1 amide bonds. The van der Waals surface area contributed by atoms with Gasteiger partial charge in [-0.15, -0.1) is 0 Å². The number of unbranched alkanes of at least 4 members (excludes halogenated alkanes) is 1. The van der Waals surface area contributed by atoms with Crippen LogP contribution in [-0.2, 0) is 4.74 Å². The third-order valence-electron chi connectivity index (χ3n) is 1.78. The molecule has 0 fully saturated rings. The van der Waals surface area contributed by atoms with Crippen LogP contribution in [0.3, 0.4) is 0 Å². The van der Waals surface area contributed by atoms with E-state index in [-0.39, 0.29) is 13.1 Å². The molecule has 0 spiro atoms. The molecule has 0 atom stereocenters. The molecule has 0 rings (SSSR count). The number of rotatable bonds is 8. The topological polar surface area (TPSA) is 136 Å². The summed E-state index contributed by atoms with van der Waals surface area (Å²) in [5, 5.41) is 9.06. The van der Waals surface area contributed by atoms with E-state index in [0.29, 0.717) is 6.61 Å². The Labute approximate surface area is 98.4 Å². The van der Waals surface area contributed by atoms with Crippen LogP contribution in [0, 0.1) is 0 Å². The summed E-state index contributed by atoms with van der Waals surface area (Å²) < 4.78 is 4.85. The van der Waals surface area contributed by atoms with E-state index in [2.05, 4.69) is 25.4 Å². The number of nitrogens with one attached hydrogen (secondary N) is 1. The lowest BCUT2D eigenvalue weighted by Gasteiger charge is -2.13. The van der Waals surface area contributed by atoms with Crippen LogP contribution in [0.2, 0.25) is 0 Å². The van der Waals surface area contributed by atoms with Crippen molar-refractivity contribution in [2.24, 2.45) is 10.2 Å². The molecular formula is C8H15N7O2. The summed E-state index contributed by atoms with van der Waals surface area (Å²) in [6, 6.07) is -0.545. The predicted octanol–water partition coefficient (Wildman–Crippen LogP) is 2.50. The van der Waals surface area contributed by atoms with Gasteiger partial charge in [-0.1, -0.05) is 23.6 Å². The number of azide groups is 2. The van der Waals surface area contributed by atoms with Gasteiger partial charge >= 0.3 is 6.09 Å². The second kappa shape index (κ2) is 10.4. The van der Waals surface area contributed by atoms with Crippen LogP contribution < -0.4 is 5.32 Å². The van der Waals surface area contributed by atoms with E-state index in [1.165, 1.54) is 0 Å². The Morgan fingerprint density at radius 3 is 2.41 bits per heavy atom. The first-order chi connectivity index (χ1) is 8.24. The standard InChI is InChI=1S/C8H15N7O2/c1-2-3-4-17-8(16)13-7(5-11-14-9)6-12-15-10/h7H,2-6H2,1H3,(H,13,16). The van der Waals surface area contributed by atoms with E-state index in [1.807, 2.05) is 6.92 Å². The van der Waals surface area contributed by atoms with E-state index >= 15 is 0 Å². The lowest BCUT2D eigenvalue weighted by atomic mass is 10.3. The second-order valence-electron chi connectivity index (χ2n) is 3.16. The van der Waals surface area contributed by atoms with Crippen LogP contribution in [0.1, 0.15) is 19.8 Å². The number of alkyl carbamates (subject to hydrolysis) is 1. The first-order valence-electron chi connectivity index (χ1n) is 5.19. The third-order valence-corrected chi connectivity index (χ3v) is 1.78. The van der Waals surface area contributed by atoms with Crippen molar-refractivity contribution in [1.82, 2.24) is 5.32 Å². The molecule has 1 N–H and O–H groups in total. The Kier molecular flexibility index (Phi) is 9.12.